The Hall–Kier alpha value is -1.30. The van der Waals surface area contributed by atoms with Crippen LogP contribution in [0.3, 0.4) is 0 Å². The number of ether oxygens (including phenoxy) is 2. The molecule has 0 radical (unpaired) electrons. The van der Waals surface area contributed by atoms with Gasteiger partial charge in [-0.1, -0.05) is 12.1 Å². The molecule has 1 N–H and O–H groups in total. The maximum Gasteiger partial charge on any atom is 0.317 e. The molecule has 0 atom stereocenters. The molecule has 120 valence electrons. The van der Waals surface area contributed by atoms with Gasteiger partial charge in [-0.3, -0.25) is 9.69 Å². The Morgan fingerprint density at radius 1 is 1.29 bits per heavy atom. The number of hydrogen-bond donors (Lipinski definition) is 1. The smallest absolute Gasteiger partial charge is 0.317 e. The monoisotopic (exact) mass is 317 g/mol. The molecular weight excluding hydrogens is 294 g/mol. The summed E-state index contributed by atoms with van der Waals surface area (Å²) in [6.07, 6.45) is 0.783. The van der Waals surface area contributed by atoms with Crippen molar-refractivity contribution in [1.82, 2.24) is 4.90 Å². The summed E-state index contributed by atoms with van der Waals surface area (Å²) in [5.41, 5.74) is 1.16. The summed E-state index contributed by atoms with van der Waals surface area (Å²) in [6.45, 7) is 4.47. The first-order chi connectivity index (χ1) is 9.61. The molecule has 5 nitrogen and oxygen atoms in total. The third-order valence-corrected chi connectivity index (χ3v) is 2.85. The third kappa shape index (κ3) is 9.28. The third-order valence-electron chi connectivity index (χ3n) is 2.85. The number of methoxy groups -OCH3 is 1. The molecule has 0 aliphatic rings. The molecule has 1 aromatic carbocycles. The minimum atomic E-state index is -0.819. The fourth-order valence-electron chi connectivity index (χ4n) is 1.86. The van der Waals surface area contributed by atoms with Gasteiger partial charge in [-0.05, 0) is 31.0 Å². The number of carboxylic acid groups (broad SMARTS) is 1. The Kier molecular flexibility index (Phi) is 10.7. The van der Waals surface area contributed by atoms with Crippen LogP contribution in [-0.4, -0.2) is 55.9 Å². The van der Waals surface area contributed by atoms with E-state index in [9.17, 15) is 4.79 Å². The molecule has 0 aromatic heterocycles. The van der Waals surface area contributed by atoms with Crippen LogP contribution in [0.25, 0.3) is 0 Å². The average molecular weight is 318 g/mol. The lowest BCUT2D eigenvalue weighted by Crippen LogP contribution is -2.34. The van der Waals surface area contributed by atoms with E-state index in [1.54, 1.807) is 7.11 Å². The Bertz CT molecular complexity index is 414. The molecule has 0 amide bonds. The zero-order valence-electron chi connectivity index (χ0n) is 12.6. The predicted molar refractivity (Wildman–Crippen MR) is 84.5 cm³/mol. The van der Waals surface area contributed by atoms with Crippen LogP contribution >= 0.6 is 12.4 Å². The maximum atomic E-state index is 10.8. The van der Waals surface area contributed by atoms with E-state index in [1.807, 2.05) is 36.1 Å². The first kappa shape index (κ1) is 19.7. The highest BCUT2D eigenvalue weighted by Gasteiger charge is 2.09. The summed E-state index contributed by atoms with van der Waals surface area (Å²) in [5, 5.41) is 8.83. The molecule has 0 aliphatic heterocycles. The van der Waals surface area contributed by atoms with Crippen molar-refractivity contribution in [3.05, 3.63) is 29.8 Å². The van der Waals surface area contributed by atoms with E-state index >= 15 is 0 Å². The van der Waals surface area contributed by atoms with Crippen molar-refractivity contribution in [2.75, 3.05) is 40.0 Å². The standard InChI is InChI=1S/C15H23NO4.ClH/c1-13-5-3-6-14(11-13)20-9-4-7-16(8-10-19-2)12-15(17)18;/h3,5-6,11H,4,7-10,12H2,1-2H3,(H,17,18);1H. The highest BCUT2D eigenvalue weighted by molar-refractivity contribution is 5.85. The summed E-state index contributed by atoms with van der Waals surface area (Å²) >= 11 is 0. The van der Waals surface area contributed by atoms with Crippen LogP contribution in [0.5, 0.6) is 5.75 Å². The number of nitrogens with zero attached hydrogens (tertiary/aromatic N) is 1. The van der Waals surface area contributed by atoms with Crippen molar-refractivity contribution >= 4 is 18.4 Å². The number of hydrogen-bond acceptors (Lipinski definition) is 4. The lowest BCUT2D eigenvalue weighted by Gasteiger charge is -2.19. The largest absolute Gasteiger partial charge is 0.494 e. The van der Waals surface area contributed by atoms with E-state index in [-0.39, 0.29) is 19.0 Å². The van der Waals surface area contributed by atoms with Crippen molar-refractivity contribution in [2.24, 2.45) is 0 Å². The van der Waals surface area contributed by atoms with Crippen LogP contribution < -0.4 is 4.74 Å². The maximum absolute atomic E-state index is 10.8. The zero-order valence-corrected chi connectivity index (χ0v) is 13.4. The first-order valence-corrected chi connectivity index (χ1v) is 6.74. The Morgan fingerprint density at radius 2 is 2.05 bits per heavy atom. The number of halogens is 1. The van der Waals surface area contributed by atoms with Gasteiger partial charge in [-0.15, -0.1) is 12.4 Å². The highest BCUT2D eigenvalue weighted by atomic mass is 35.5. The molecule has 0 saturated carbocycles. The molecule has 0 fully saturated rings. The lowest BCUT2D eigenvalue weighted by atomic mass is 10.2. The van der Waals surface area contributed by atoms with Crippen LogP contribution in [0.4, 0.5) is 0 Å². The van der Waals surface area contributed by atoms with Gasteiger partial charge in [0.25, 0.3) is 0 Å². The first-order valence-electron chi connectivity index (χ1n) is 6.74. The molecule has 1 rings (SSSR count). The van der Waals surface area contributed by atoms with Crippen molar-refractivity contribution in [3.8, 4) is 5.75 Å². The number of carbonyl (C=O) groups is 1. The van der Waals surface area contributed by atoms with Crippen LogP contribution in [0, 0.1) is 6.92 Å². The van der Waals surface area contributed by atoms with Gasteiger partial charge in [0, 0.05) is 20.2 Å². The fourth-order valence-corrected chi connectivity index (χ4v) is 1.86. The number of benzene rings is 1. The van der Waals surface area contributed by atoms with Crippen LogP contribution in [0.2, 0.25) is 0 Å². The van der Waals surface area contributed by atoms with E-state index in [0.717, 1.165) is 17.7 Å². The zero-order chi connectivity index (χ0) is 14.8. The van der Waals surface area contributed by atoms with E-state index in [4.69, 9.17) is 14.6 Å². The second kappa shape index (κ2) is 11.4. The number of carboxylic acids is 1. The molecule has 0 aliphatic carbocycles. The number of aryl methyl sites for hydroxylation is 1. The minimum absolute atomic E-state index is 0. The van der Waals surface area contributed by atoms with Crippen molar-refractivity contribution in [3.63, 3.8) is 0 Å². The van der Waals surface area contributed by atoms with E-state index in [1.165, 1.54) is 0 Å². The predicted octanol–water partition coefficient (Wildman–Crippen LogP) is 2.22. The van der Waals surface area contributed by atoms with Crippen molar-refractivity contribution in [1.29, 1.82) is 0 Å². The molecule has 0 unspecified atom stereocenters. The summed E-state index contributed by atoms with van der Waals surface area (Å²) in [4.78, 5) is 12.6. The Balaban J connectivity index is 0.00000400. The molecule has 6 heteroatoms. The SMILES string of the molecule is COCCN(CCCOc1cccc(C)c1)CC(=O)O.Cl. The van der Waals surface area contributed by atoms with Crippen LogP contribution in [-0.2, 0) is 9.53 Å². The molecular formula is C15H24ClNO4. The lowest BCUT2D eigenvalue weighted by molar-refractivity contribution is -0.138. The molecule has 1 aromatic rings. The topological polar surface area (TPSA) is 59.0 Å². The summed E-state index contributed by atoms with van der Waals surface area (Å²) in [6, 6.07) is 7.89. The second-order valence-corrected chi connectivity index (χ2v) is 4.68. The Labute approximate surface area is 132 Å². The van der Waals surface area contributed by atoms with E-state index in [0.29, 0.717) is 26.3 Å². The van der Waals surface area contributed by atoms with Crippen LogP contribution in [0.1, 0.15) is 12.0 Å². The summed E-state index contributed by atoms with van der Waals surface area (Å²) in [5.74, 6) is 0.0346. The van der Waals surface area contributed by atoms with Gasteiger partial charge in [-0.2, -0.15) is 0 Å². The van der Waals surface area contributed by atoms with Crippen molar-refractivity contribution in [2.45, 2.75) is 13.3 Å². The molecule has 21 heavy (non-hydrogen) atoms. The fraction of sp³-hybridized carbons (Fsp3) is 0.533. The van der Waals surface area contributed by atoms with Gasteiger partial charge in [0.1, 0.15) is 5.75 Å². The normalized spacial score (nSPS) is 10.2. The summed E-state index contributed by atoms with van der Waals surface area (Å²) in [7, 11) is 1.61. The second-order valence-electron chi connectivity index (χ2n) is 4.68. The van der Waals surface area contributed by atoms with E-state index in [2.05, 4.69) is 0 Å². The van der Waals surface area contributed by atoms with Gasteiger partial charge in [0.2, 0.25) is 0 Å². The minimum Gasteiger partial charge on any atom is -0.494 e. The Morgan fingerprint density at radius 3 is 2.67 bits per heavy atom. The quantitative estimate of drug-likeness (QED) is 0.671. The van der Waals surface area contributed by atoms with Crippen LogP contribution in [0.15, 0.2) is 24.3 Å². The van der Waals surface area contributed by atoms with Gasteiger partial charge in [0.05, 0.1) is 19.8 Å². The van der Waals surface area contributed by atoms with Crippen molar-refractivity contribution < 1.29 is 19.4 Å². The van der Waals surface area contributed by atoms with E-state index < -0.39 is 5.97 Å². The van der Waals surface area contributed by atoms with Gasteiger partial charge < -0.3 is 14.6 Å². The number of aliphatic carboxylic acids is 1. The average Bonchev–Trinajstić information content (AvgIpc) is 2.40. The molecule has 0 bridgehead atoms. The summed E-state index contributed by atoms with van der Waals surface area (Å²) < 4.78 is 10.6. The van der Waals surface area contributed by atoms with Gasteiger partial charge >= 0.3 is 5.97 Å². The molecule has 0 saturated heterocycles. The van der Waals surface area contributed by atoms with Gasteiger partial charge in [0.15, 0.2) is 0 Å². The molecule has 0 heterocycles. The van der Waals surface area contributed by atoms with Gasteiger partial charge in [-0.25, -0.2) is 0 Å². The molecule has 0 spiro atoms. The highest BCUT2D eigenvalue weighted by Crippen LogP contribution is 2.12. The number of rotatable bonds is 10.